The van der Waals surface area contributed by atoms with Gasteiger partial charge in [0.05, 0.1) is 17.3 Å². The minimum absolute atomic E-state index is 0.0132. The van der Waals surface area contributed by atoms with Crippen molar-refractivity contribution < 1.29 is 18.0 Å². The van der Waals surface area contributed by atoms with Crippen molar-refractivity contribution in [3.8, 4) is 11.3 Å². The molecule has 2 amide bonds. The summed E-state index contributed by atoms with van der Waals surface area (Å²) in [6.45, 7) is 2.06. The van der Waals surface area contributed by atoms with Gasteiger partial charge in [0.2, 0.25) is 20.9 Å². The van der Waals surface area contributed by atoms with Crippen LogP contribution in [0.4, 0.5) is 0 Å². The number of rotatable bonds is 5. The van der Waals surface area contributed by atoms with E-state index in [-0.39, 0.29) is 42.0 Å². The first kappa shape index (κ1) is 20.5. The van der Waals surface area contributed by atoms with Gasteiger partial charge in [-0.05, 0) is 18.2 Å². The molecule has 28 heavy (non-hydrogen) atoms. The maximum absolute atomic E-state index is 12.7. The standard InChI is InChI=1S/C17H16Cl2N4O4S/c1-9(24)20-5-6-23-8-12-14(11-4-3-10(18)7-13(11)19)21-17(28(2,26)27)22-15(12)16(23)25/h3-4,7H,5-6,8H2,1-2H3,(H,20,24). The van der Waals surface area contributed by atoms with Crippen LogP contribution in [0, 0.1) is 0 Å². The first-order valence-electron chi connectivity index (χ1n) is 8.18. The molecule has 0 radical (unpaired) electrons. The Balaban J connectivity index is 2.10. The highest BCUT2D eigenvalue weighted by molar-refractivity contribution is 7.90. The molecule has 0 bridgehead atoms. The Hall–Kier alpha value is -2.23. The number of halogens is 2. The first-order chi connectivity index (χ1) is 13.1. The molecular weight excluding hydrogens is 427 g/mol. The minimum atomic E-state index is -3.76. The summed E-state index contributed by atoms with van der Waals surface area (Å²) in [5.74, 6) is -0.643. The third-order valence-corrected chi connectivity index (χ3v) is 5.49. The quantitative estimate of drug-likeness (QED) is 0.708. The lowest BCUT2D eigenvalue weighted by molar-refractivity contribution is -0.119. The van der Waals surface area contributed by atoms with Gasteiger partial charge in [0, 0.05) is 42.4 Å². The van der Waals surface area contributed by atoms with Gasteiger partial charge in [-0.15, -0.1) is 0 Å². The monoisotopic (exact) mass is 442 g/mol. The molecule has 1 aliphatic rings. The number of sulfone groups is 1. The number of fused-ring (bicyclic) bond motifs is 1. The Morgan fingerprint density at radius 1 is 1.25 bits per heavy atom. The molecular formula is C17H16Cl2N4O4S. The van der Waals surface area contributed by atoms with E-state index in [1.807, 2.05) is 0 Å². The maximum Gasteiger partial charge on any atom is 0.273 e. The molecule has 0 atom stereocenters. The largest absolute Gasteiger partial charge is 0.355 e. The van der Waals surface area contributed by atoms with E-state index in [2.05, 4.69) is 15.3 Å². The summed E-state index contributed by atoms with van der Waals surface area (Å²) < 4.78 is 24.1. The van der Waals surface area contributed by atoms with Crippen LogP contribution in [0.15, 0.2) is 23.4 Å². The Bertz CT molecular complexity index is 1090. The number of amides is 2. The summed E-state index contributed by atoms with van der Waals surface area (Å²) >= 11 is 12.2. The van der Waals surface area contributed by atoms with Crippen LogP contribution in [0.25, 0.3) is 11.3 Å². The molecule has 2 aromatic rings. The average molecular weight is 443 g/mol. The number of hydrogen-bond acceptors (Lipinski definition) is 6. The Morgan fingerprint density at radius 3 is 2.54 bits per heavy atom. The third kappa shape index (κ3) is 4.11. The van der Waals surface area contributed by atoms with Crippen LogP contribution in [0.2, 0.25) is 10.0 Å². The summed E-state index contributed by atoms with van der Waals surface area (Å²) in [7, 11) is -3.76. The van der Waals surface area contributed by atoms with Gasteiger partial charge in [0.1, 0.15) is 5.69 Å². The van der Waals surface area contributed by atoms with Crippen molar-refractivity contribution in [3.63, 3.8) is 0 Å². The van der Waals surface area contributed by atoms with Crippen molar-refractivity contribution in [3.05, 3.63) is 39.5 Å². The molecule has 0 unspecified atom stereocenters. The first-order valence-corrected chi connectivity index (χ1v) is 10.8. The SMILES string of the molecule is CC(=O)NCCN1Cc2c(nc(S(C)(=O)=O)nc2-c2ccc(Cl)cc2Cl)C1=O. The smallest absolute Gasteiger partial charge is 0.273 e. The predicted molar refractivity (Wildman–Crippen MR) is 104 cm³/mol. The molecule has 0 saturated heterocycles. The molecule has 2 heterocycles. The fourth-order valence-corrected chi connectivity index (χ4v) is 3.83. The van der Waals surface area contributed by atoms with Crippen molar-refractivity contribution >= 4 is 44.9 Å². The lowest BCUT2D eigenvalue weighted by atomic mass is 10.1. The van der Waals surface area contributed by atoms with E-state index in [1.165, 1.54) is 17.9 Å². The number of nitrogens with zero attached hydrogens (tertiary/aromatic N) is 3. The molecule has 8 nitrogen and oxygen atoms in total. The fraction of sp³-hybridized carbons (Fsp3) is 0.294. The average Bonchev–Trinajstić information content (AvgIpc) is 2.90. The van der Waals surface area contributed by atoms with Gasteiger partial charge in [0.25, 0.3) is 5.91 Å². The molecule has 148 valence electrons. The van der Waals surface area contributed by atoms with E-state index in [0.29, 0.717) is 16.1 Å². The summed E-state index contributed by atoms with van der Waals surface area (Å²) in [5, 5.41) is 2.85. The van der Waals surface area contributed by atoms with E-state index in [1.54, 1.807) is 12.1 Å². The Kier molecular flexibility index (Phi) is 5.60. The highest BCUT2D eigenvalue weighted by Gasteiger charge is 2.34. The topological polar surface area (TPSA) is 109 Å². The van der Waals surface area contributed by atoms with Gasteiger partial charge in [-0.3, -0.25) is 9.59 Å². The molecule has 11 heteroatoms. The molecule has 1 aromatic heterocycles. The van der Waals surface area contributed by atoms with E-state index in [9.17, 15) is 18.0 Å². The number of carbonyl (C=O) groups excluding carboxylic acids is 2. The van der Waals surface area contributed by atoms with Crippen LogP contribution in [-0.2, 0) is 21.2 Å². The van der Waals surface area contributed by atoms with Crippen LogP contribution in [0.5, 0.6) is 0 Å². The lowest BCUT2D eigenvalue weighted by Crippen LogP contribution is -2.34. The molecule has 1 N–H and O–H groups in total. The highest BCUT2D eigenvalue weighted by Crippen LogP contribution is 2.35. The van der Waals surface area contributed by atoms with E-state index < -0.39 is 20.9 Å². The Morgan fingerprint density at radius 2 is 1.93 bits per heavy atom. The highest BCUT2D eigenvalue weighted by atomic mass is 35.5. The number of aromatic nitrogens is 2. The fourth-order valence-electron chi connectivity index (χ4n) is 2.82. The van der Waals surface area contributed by atoms with Crippen LogP contribution in [0.1, 0.15) is 23.0 Å². The van der Waals surface area contributed by atoms with Crippen molar-refractivity contribution in [2.75, 3.05) is 19.3 Å². The maximum atomic E-state index is 12.7. The molecule has 0 saturated carbocycles. The van der Waals surface area contributed by atoms with Crippen LogP contribution in [-0.4, -0.2) is 54.4 Å². The second kappa shape index (κ2) is 7.65. The van der Waals surface area contributed by atoms with Gasteiger partial charge >= 0.3 is 0 Å². The van der Waals surface area contributed by atoms with Crippen molar-refractivity contribution in [1.82, 2.24) is 20.2 Å². The summed E-state index contributed by atoms with van der Waals surface area (Å²) in [4.78, 5) is 33.4. The zero-order chi connectivity index (χ0) is 20.6. The normalized spacial score (nSPS) is 13.6. The summed E-state index contributed by atoms with van der Waals surface area (Å²) in [6, 6.07) is 4.73. The van der Waals surface area contributed by atoms with E-state index in [4.69, 9.17) is 23.2 Å². The summed E-state index contributed by atoms with van der Waals surface area (Å²) in [5.41, 5.74) is 1.21. The van der Waals surface area contributed by atoms with Crippen molar-refractivity contribution in [1.29, 1.82) is 0 Å². The van der Waals surface area contributed by atoms with Gasteiger partial charge in [-0.1, -0.05) is 23.2 Å². The molecule has 1 aliphatic heterocycles. The van der Waals surface area contributed by atoms with Crippen LogP contribution in [0.3, 0.4) is 0 Å². The molecule has 0 spiro atoms. The van der Waals surface area contributed by atoms with Gasteiger partial charge in [0.15, 0.2) is 0 Å². The number of benzene rings is 1. The molecule has 3 rings (SSSR count). The lowest BCUT2D eigenvalue weighted by Gasteiger charge is -2.15. The Labute approximate surface area is 171 Å². The van der Waals surface area contributed by atoms with E-state index in [0.717, 1.165) is 6.26 Å². The number of nitrogens with one attached hydrogen (secondary N) is 1. The zero-order valence-corrected chi connectivity index (χ0v) is 17.3. The second-order valence-electron chi connectivity index (χ2n) is 6.29. The minimum Gasteiger partial charge on any atom is -0.355 e. The summed E-state index contributed by atoms with van der Waals surface area (Å²) in [6.07, 6.45) is 0.968. The number of hydrogen-bond donors (Lipinski definition) is 1. The van der Waals surface area contributed by atoms with Gasteiger partial charge in [-0.2, -0.15) is 0 Å². The van der Waals surface area contributed by atoms with Crippen molar-refractivity contribution in [2.45, 2.75) is 18.6 Å². The van der Waals surface area contributed by atoms with Crippen LogP contribution >= 0.6 is 23.2 Å². The zero-order valence-electron chi connectivity index (χ0n) is 15.0. The van der Waals surface area contributed by atoms with Crippen LogP contribution < -0.4 is 5.32 Å². The predicted octanol–water partition coefficient (Wildman–Crippen LogP) is 1.95. The second-order valence-corrected chi connectivity index (χ2v) is 9.04. The number of carbonyl (C=O) groups is 2. The van der Waals surface area contributed by atoms with Crippen molar-refractivity contribution in [2.24, 2.45) is 0 Å². The van der Waals surface area contributed by atoms with Gasteiger partial charge in [-0.25, -0.2) is 18.4 Å². The van der Waals surface area contributed by atoms with E-state index >= 15 is 0 Å². The molecule has 0 aliphatic carbocycles. The molecule has 0 fully saturated rings. The third-order valence-electron chi connectivity index (χ3n) is 4.10. The van der Waals surface area contributed by atoms with Gasteiger partial charge < -0.3 is 10.2 Å². The molecule has 1 aromatic carbocycles.